The van der Waals surface area contributed by atoms with Crippen LogP contribution in [0.1, 0.15) is 0 Å². The molecule has 0 atom stereocenters. The molecule has 0 bridgehead atoms. The van der Waals surface area contributed by atoms with Crippen molar-refractivity contribution in [2.45, 2.75) is 0 Å². The van der Waals surface area contributed by atoms with E-state index in [1.54, 1.807) is 0 Å². The molecule has 69 heavy (non-hydrogen) atoms. The van der Waals surface area contributed by atoms with E-state index in [9.17, 15) is 0 Å². The van der Waals surface area contributed by atoms with Crippen molar-refractivity contribution in [2.24, 2.45) is 0 Å². The van der Waals surface area contributed by atoms with Gasteiger partial charge in [0.25, 0.3) is 0 Å². The minimum atomic E-state index is 1.10. The van der Waals surface area contributed by atoms with Gasteiger partial charge in [-0.25, -0.2) is 0 Å². The third kappa shape index (κ3) is 7.03. The fourth-order valence-electron chi connectivity index (χ4n) is 10.8. The van der Waals surface area contributed by atoms with Crippen LogP contribution in [0.3, 0.4) is 0 Å². The predicted molar refractivity (Wildman–Crippen MR) is 296 cm³/mol. The first-order valence-corrected chi connectivity index (χ1v) is 23.8. The Morgan fingerprint density at radius 3 is 1.28 bits per heavy atom. The summed E-state index contributed by atoms with van der Waals surface area (Å²) in [7, 11) is 0. The van der Waals surface area contributed by atoms with E-state index in [4.69, 9.17) is 0 Å². The fraction of sp³-hybridized carbons (Fsp3) is 0. The van der Waals surface area contributed by atoms with Crippen molar-refractivity contribution in [1.82, 2.24) is 0 Å². The van der Waals surface area contributed by atoms with E-state index >= 15 is 0 Å². The van der Waals surface area contributed by atoms with E-state index in [1.807, 2.05) is 0 Å². The van der Waals surface area contributed by atoms with Crippen molar-refractivity contribution < 1.29 is 0 Å². The average Bonchev–Trinajstić information content (AvgIpc) is 3.43. The number of fused-ring (bicyclic) bond motifs is 9. The van der Waals surface area contributed by atoms with Crippen LogP contribution in [-0.2, 0) is 0 Å². The third-order valence-electron chi connectivity index (χ3n) is 14.0. The van der Waals surface area contributed by atoms with Crippen LogP contribution in [0.2, 0.25) is 0 Å². The van der Waals surface area contributed by atoms with E-state index in [1.165, 1.54) is 104 Å². The predicted octanol–water partition coefficient (Wildman–Crippen LogP) is 19.3. The van der Waals surface area contributed by atoms with Gasteiger partial charge in [-0.1, -0.05) is 212 Å². The molecule has 1 nitrogen and oxygen atoms in total. The smallest absolute Gasteiger partial charge is 0.0462 e. The summed E-state index contributed by atoms with van der Waals surface area (Å²) in [4.78, 5) is 2.34. The van der Waals surface area contributed by atoms with Gasteiger partial charge in [-0.05, 0) is 170 Å². The normalized spacial score (nSPS) is 11.5. The Balaban J connectivity index is 1.16. The van der Waals surface area contributed by atoms with E-state index < -0.39 is 0 Å². The van der Waals surface area contributed by atoms with Crippen LogP contribution >= 0.6 is 0 Å². The summed E-state index contributed by atoms with van der Waals surface area (Å²) >= 11 is 0. The third-order valence-corrected chi connectivity index (χ3v) is 14.0. The molecular weight excluding hydrogens is 831 g/mol. The molecule has 0 saturated heterocycles. The summed E-state index contributed by atoms with van der Waals surface area (Å²) in [6.45, 7) is 0. The van der Waals surface area contributed by atoms with Gasteiger partial charge < -0.3 is 4.90 Å². The zero-order valence-corrected chi connectivity index (χ0v) is 37.9. The summed E-state index contributed by atoms with van der Waals surface area (Å²) in [5.41, 5.74) is 15.3. The number of nitrogens with zero attached hydrogens (tertiary/aromatic N) is 1. The molecule has 0 heterocycles. The molecule has 0 aromatic heterocycles. The Kier molecular flexibility index (Phi) is 9.91. The summed E-state index contributed by atoms with van der Waals surface area (Å²) < 4.78 is 0. The van der Waals surface area contributed by atoms with Gasteiger partial charge in [0.15, 0.2) is 0 Å². The van der Waals surface area contributed by atoms with Crippen LogP contribution in [0.15, 0.2) is 273 Å². The molecule has 0 amide bonds. The quantitative estimate of drug-likeness (QED) is 0.138. The van der Waals surface area contributed by atoms with Gasteiger partial charge in [0.2, 0.25) is 0 Å². The second-order valence-corrected chi connectivity index (χ2v) is 18.0. The van der Waals surface area contributed by atoms with Gasteiger partial charge in [-0.15, -0.1) is 0 Å². The first-order chi connectivity index (χ1) is 34.2. The highest BCUT2D eigenvalue weighted by atomic mass is 15.1. The van der Waals surface area contributed by atoms with Crippen molar-refractivity contribution in [1.29, 1.82) is 0 Å². The van der Waals surface area contributed by atoms with Gasteiger partial charge in [0, 0.05) is 17.1 Å². The molecule has 0 aliphatic carbocycles. The van der Waals surface area contributed by atoms with Gasteiger partial charge >= 0.3 is 0 Å². The maximum absolute atomic E-state index is 2.48. The molecule has 13 aromatic rings. The number of para-hydroxylation sites is 2. The first kappa shape index (κ1) is 40.3. The molecule has 0 aliphatic rings. The lowest BCUT2D eigenvalue weighted by atomic mass is 9.80. The van der Waals surface area contributed by atoms with Crippen molar-refractivity contribution in [2.75, 3.05) is 4.90 Å². The van der Waals surface area contributed by atoms with Crippen molar-refractivity contribution in [3.63, 3.8) is 0 Å². The Morgan fingerprint density at radius 1 is 0.203 bits per heavy atom. The molecule has 13 aromatic carbocycles. The molecule has 0 N–H and O–H groups in total. The minimum absolute atomic E-state index is 1.10. The van der Waals surface area contributed by atoms with E-state index in [-0.39, 0.29) is 0 Å². The second-order valence-electron chi connectivity index (χ2n) is 18.0. The molecule has 322 valence electrons. The summed E-state index contributed by atoms with van der Waals surface area (Å²) in [5.74, 6) is 0. The van der Waals surface area contributed by atoms with Crippen molar-refractivity contribution >= 4 is 70.9 Å². The molecular formula is C68H45N. The highest BCUT2D eigenvalue weighted by molar-refractivity contribution is 6.33. The molecule has 0 aliphatic heterocycles. The number of hydrogen-bond acceptors (Lipinski definition) is 1. The Bertz CT molecular complexity index is 3980. The van der Waals surface area contributed by atoms with Crippen LogP contribution in [0.4, 0.5) is 17.1 Å². The molecule has 13 rings (SSSR count). The van der Waals surface area contributed by atoms with Gasteiger partial charge in [0.05, 0.1) is 0 Å². The Morgan fingerprint density at radius 2 is 0.652 bits per heavy atom. The maximum Gasteiger partial charge on any atom is 0.0462 e. The zero-order valence-electron chi connectivity index (χ0n) is 37.9. The lowest BCUT2D eigenvalue weighted by Crippen LogP contribution is -2.09. The van der Waals surface area contributed by atoms with Crippen LogP contribution in [-0.4, -0.2) is 0 Å². The van der Waals surface area contributed by atoms with Crippen LogP contribution in [0, 0.1) is 0 Å². The van der Waals surface area contributed by atoms with Crippen LogP contribution in [0.5, 0.6) is 0 Å². The zero-order chi connectivity index (χ0) is 45.7. The number of anilines is 3. The van der Waals surface area contributed by atoms with E-state index in [2.05, 4.69) is 278 Å². The van der Waals surface area contributed by atoms with Crippen molar-refractivity contribution in [3.8, 4) is 55.6 Å². The second kappa shape index (κ2) is 17.0. The number of benzene rings is 13. The molecule has 1 heteroatoms. The summed E-state index contributed by atoms with van der Waals surface area (Å²) in [5, 5.41) is 12.4. The average molecular weight is 876 g/mol. The fourth-order valence-corrected chi connectivity index (χ4v) is 10.8. The van der Waals surface area contributed by atoms with E-state index in [0.29, 0.717) is 0 Å². The van der Waals surface area contributed by atoms with Gasteiger partial charge in [-0.2, -0.15) is 0 Å². The molecule has 0 spiro atoms. The number of hydrogen-bond donors (Lipinski definition) is 0. The number of rotatable bonds is 8. The summed E-state index contributed by atoms with van der Waals surface area (Å²) in [6, 6.07) is 100. The first-order valence-electron chi connectivity index (χ1n) is 23.8. The maximum atomic E-state index is 2.48. The SMILES string of the molecule is c1ccc(-c2ccc3c(c2)c2cc(-c4cc5ccccc5c5ccccc45)ccc2c2c(-c4ccc(N(c5ccccc5)c5ccccc5)cc4)c(-c4ccccc4)cc(-c4ccccc4)c32)cc1. The molecule has 0 saturated carbocycles. The largest absolute Gasteiger partial charge is 0.311 e. The minimum Gasteiger partial charge on any atom is -0.311 e. The van der Waals surface area contributed by atoms with Gasteiger partial charge in [-0.3, -0.25) is 0 Å². The Labute approximate surface area is 402 Å². The molecule has 0 radical (unpaired) electrons. The van der Waals surface area contributed by atoms with Gasteiger partial charge in [0.1, 0.15) is 0 Å². The van der Waals surface area contributed by atoms with Crippen LogP contribution in [0.25, 0.3) is 109 Å². The highest BCUT2D eigenvalue weighted by Gasteiger charge is 2.23. The Hall–Kier alpha value is -9.04. The van der Waals surface area contributed by atoms with E-state index in [0.717, 1.165) is 22.6 Å². The van der Waals surface area contributed by atoms with Crippen LogP contribution < -0.4 is 4.90 Å². The standard InChI is InChI=1S/C68H45N/c1-6-20-46(21-7-1)50-36-40-59-64(42-50)65-44-52(61-43-51-26-16-17-31-56(51)57-32-18-19-33-58(57)61)37-41-60(65)68-66(62(47-22-8-2-9-23-47)45-63(67(59)68)48-24-10-3-11-25-48)49-34-38-55(39-35-49)69(53-27-12-4-13-28-53)54-29-14-5-15-30-54/h1-45H. The lowest BCUT2D eigenvalue weighted by molar-refractivity contribution is 1.28. The molecule has 0 unspecified atom stereocenters. The molecule has 0 fully saturated rings. The topological polar surface area (TPSA) is 3.24 Å². The monoisotopic (exact) mass is 875 g/mol. The highest BCUT2D eigenvalue weighted by Crippen LogP contribution is 2.51. The van der Waals surface area contributed by atoms with Crippen molar-refractivity contribution in [3.05, 3.63) is 273 Å². The summed E-state index contributed by atoms with van der Waals surface area (Å²) in [6.07, 6.45) is 0. The lowest BCUT2D eigenvalue weighted by Gasteiger charge is -2.26.